The minimum Gasteiger partial charge on any atom is -0.298 e. The van der Waals surface area contributed by atoms with Gasteiger partial charge in [-0.3, -0.25) is 4.79 Å². The Bertz CT molecular complexity index is 339. The smallest absolute Gasteiger partial charge is 0.145 e. The van der Waals surface area contributed by atoms with Crippen LogP contribution in [0.15, 0.2) is 23.8 Å². The summed E-state index contributed by atoms with van der Waals surface area (Å²) < 4.78 is 0. The van der Waals surface area contributed by atoms with Crippen LogP contribution in [0, 0.1) is 17.3 Å². The minimum absolute atomic E-state index is 0.411. The van der Waals surface area contributed by atoms with Crippen molar-refractivity contribution in [2.75, 3.05) is 0 Å². The van der Waals surface area contributed by atoms with Crippen molar-refractivity contribution in [2.24, 2.45) is 17.3 Å². The van der Waals surface area contributed by atoms with Crippen molar-refractivity contribution in [1.29, 1.82) is 0 Å². The van der Waals surface area contributed by atoms with Crippen LogP contribution in [0.1, 0.15) is 46.0 Å². The van der Waals surface area contributed by atoms with Gasteiger partial charge in [-0.15, -0.1) is 0 Å². The van der Waals surface area contributed by atoms with Gasteiger partial charge in [0.25, 0.3) is 0 Å². The van der Waals surface area contributed by atoms with Gasteiger partial charge in [0, 0.05) is 0 Å². The third-order valence-corrected chi connectivity index (χ3v) is 4.77. The maximum atomic E-state index is 10.9. The van der Waals surface area contributed by atoms with Gasteiger partial charge >= 0.3 is 0 Å². The van der Waals surface area contributed by atoms with Crippen LogP contribution < -0.4 is 0 Å². The highest BCUT2D eigenvalue weighted by molar-refractivity contribution is 5.73. The zero-order valence-corrected chi connectivity index (χ0v) is 10.5. The molecule has 0 bridgehead atoms. The molecule has 0 aromatic rings. The summed E-state index contributed by atoms with van der Waals surface area (Å²) in [5.74, 6) is 1.42. The van der Waals surface area contributed by atoms with E-state index in [1.54, 1.807) is 0 Å². The van der Waals surface area contributed by atoms with E-state index in [1.807, 2.05) is 0 Å². The van der Waals surface area contributed by atoms with Crippen LogP contribution in [-0.4, -0.2) is 6.29 Å². The molecule has 16 heavy (non-hydrogen) atoms. The summed E-state index contributed by atoms with van der Waals surface area (Å²) >= 11 is 0. The van der Waals surface area contributed by atoms with Crippen molar-refractivity contribution >= 4 is 6.29 Å². The fraction of sp³-hybridized carbons (Fsp3) is 0.667. The Balaban J connectivity index is 2.21. The molecule has 2 aliphatic rings. The SMILES string of the molecule is C=C(C)C1CCC2(C)CC=C(C=O)CCC12. The van der Waals surface area contributed by atoms with E-state index in [2.05, 4.69) is 26.5 Å². The highest BCUT2D eigenvalue weighted by atomic mass is 16.1. The summed E-state index contributed by atoms with van der Waals surface area (Å²) in [6.07, 6.45) is 9.01. The second-order valence-electron chi connectivity index (χ2n) is 5.89. The maximum Gasteiger partial charge on any atom is 0.145 e. The highest BCUT2D eigenvalue weighted by Gasteiger charge is 2.44. The number of allylic oxidation sites excluding steroid dienone is 3. The van der Waals surface area contributed by atoms with E-state index in [4.69, 9.17) is 0 Å². The van der Waals surface area contributed by atoms with Crippen LogP contribution in [0.3, 0.4) is 0 Å². The fourth-order valence-corrected chi connectivity index (χ4v) is 3.65. The molecule has 0 radical (unpaired) electrons. The number of hydrogen-bond donors (Lipinski definition) is 0. The Morgan fingerprint density at radius 2 is 2.31 bits per heavy atom. The van der Waals surface area contributed by atoms with Gasteiger partial charge in [0.2, 0.25) is 0 Å². The molecule has 1 heteroatoms. The number of carbonyl (C=O) groups is 1. The Labute approximate surface area is 98.6 Å². The number of fused-ring (bicyclic) bond motifs is 1. The Hall–Kier alpha value is -0.850. The maximum absolute atomic E-state index is 10.9. The number of hydrogen-bond acceptors (Lipinski definition) is 1. The average Bonchev–Trinajstić information content (AvgIpc) is 2.48. The third-order valence-electron chi connectivity index (χ3n) is 4.77. The van der Waals surface area contributed by atoms with E-state index >= 15 is 0 Å². The van der Waals surface area contributed by atoms with Crippen molar-refractivity contribution in [1.82, 2.24) is 0 Å². The molecule has 88 valence electrons. The van der Waals surface area contributed by atoms with E-state index in [-0.39, 0.29) is 0 Å². The molecular formula is C15H22O. The van der Waals surface area contributed by atoms with E-state index in [1.165, 1.54) is 24.8 Å². The van der Waals surface area contributed by atoms with Crippen molar-refractivity contribution in [3.8, 4) is 0 Å². The first-order valence-corrected chi connectivity index (χ1v) is 6.36. The standard InChI is InChI=1S/C15H22O/c1-11(2)13-7-9-15(3)8-6-12(10-16)4-5-14(13)15/h6,10,13-14H,1,4-5,7-9H2,2-3H3. The predicted octanol–water partition coefficient (Wildman–Crippen LogP) is 3.90. The van der Waals surface area contributed by atoms with Crippen LogP contribution in [0.2, 0.25) is 0 Å². The Morgan fingerprint density at radius 3 is 2.94 bits per heavy atom. The summed E-state index contributed by atoms with van der Waals surface area (Å²) in [6, 6.07) is 0. The third kappa shape index (κ3) is 1.88. The van der Waals surface area contributed by atoms with Gasteiger partial charge in [-0.2, -0.15) is 0 Å². The molecule has 1 nitrogen and oxygen atoms in total. The molecule has 0 saturated heterocycles. The van der Waals surface area contributed by atoms with Crippen LogP contribution in [0.5, 0.6) is 0 Å². The summed E-state index contributed by atoms with van der Waals surface area (Å²) in [7, 11) is 0. The van der Waals surface area contributed by atoms with Gasteiger partial charge in [-0.1, -0.05) is 25.2 Å². The van der Waals surface area contributed by atoms with Gasteiger partial charge in [0.1, 0.15) is 6.29 Å². The molecule has 0 aromatic carbocycles. The van der Waals surface area contributed by atoms with Crippen molar-refractivity contribution in [2.45, 2.75) is 46.0 Å². The lowest BCUT2D eigenvalue weighted by Crippen LogP contribution is -2.24. The zero-order valence-electron chi connectivity index (χ0n) is 10.5. The second-order valence-corrected chi connectivity index (χ2v) is 5.89. The first-order valence-electron chi connectivity index (χ1n) is 6.36. The summed E-state index contributed by atoms with van der Waals surface area (Å²) in [5.41, 5.74) is 2.76. The quantitative estimate of drug-likeness (QED) is 0.507. The summed E-state index contributed by atoms with van der Waals surface area (Å²) in [6.45, 7) is 8.70. The highest BCUT2D eigenvalue weighted by Crippen LogP contribution is 2.54. The normalized spacial score (nSPS) is 38.5. The first kappa shape index (κ1) is 11.6. The molecule has 0 N–H and O–H groups in total. The molecule has 0 heterocycles. The van der Waals surface area contributed by atoms with Crippen molar-refractivity contribution in [3.63, 3.8) is 0 Å². The van der Waals surface area contributed by atoms with Crippen molar-refractivity contribution < 1.29 is 4.79 Å². The van der Waals surface area contributed by atoms with Crippen molar-refractivity contribution in [3.05, 3.63) is 23.8 Å². The molecule has 2 rings (SSSR count). The lowest BCUT2D eigenvalue weighted by Gasteiger charge is -2.32. The summed E-state index contributed by atoms with van der Waals surface area (Å²) in [5, 5.41) is 0. The predicted molar refractivity (Wildman–Crippen MR) is 67.1 cm³/mol. The van der Waals surface area contributed by atoms with E-state index in [9.17, 15) is 4.79 Å². The lowest BCUT2D eigenvalue weighted by atomic mass is 9.72. The van der Waals surface area contributed by atoms with Gasteiger partial charge in [-0.25, -0.2) is 0 Å². The molecular weight excluding hydrogens is 196 g/mol. The molecule has 1 saturated carbocycles. The van der Waals surface area contributed by atoms with E-state index < -0.39 is 0 Å². The average molecular weight is 218 g/mol. The van der Waals surface area contributed by atoms with Crippen LogP contribution in [0.25, 0.3) is 0 Å². The summed E-state index contributed by atoms with van der Waals surface area (Å²) in [4.78, 5) is 10.9. The topological polar surface area (TPSA) is 17.1 Å². The number of carbonyl (C=O) groups excluding carboxylic acids is 1. The molecule has 2 aliphatic carbocycles. The van der Waals surface area contributed by atoms with E-state index in [0.29, 0.717) is 11.3 Å². The fourth-order valence-electron chi connectivity index (χ4n) is 3.65. The van der Waals surface area contributed by atoms with Gasteiger partial charge in [0.05, 0.1) is 0 Å². The largest absolute Gasteiger partial charge is 0.298 e. The zero-order chi connectivity index (χ0) is 11.8. The van der Waals surface area contributed by atoms with Gasteiger partial charge in [-0.05, 0) is 61.9 Å². The molecule has 3 unspecified atom stereocenters. The molecule has 0 amide bonds. The Kier molecular flexibility index (Phi) is 3.05. The minimum atomic E-state index is 0.411. The number of rotatable bonds is 2. The van der Waals surface area contributed by atoms with Crippen LogP contribution >= 0.6 is 0 Å². The molecule has 0 spiro atoms. The van der Waals surface area contributed by atoms with Crippen LogP contribution in [-0.2, 0) is 4.79 Å². The molecule has 1 fully saturated rings. The molecule has 0 aromatic heterocycles. The van der Waals surface area contributed by atoms with E-state index in [0.717, 1.165) is 30.6 Å². The number of aldehydes is 1. The molecule has 0 aliphatic heterocycles. The van der Waals surface area contributed by atoms with Gasteiger partial charge in [0.15, 0.2) is 0 Å². The second kappa shape index (κ2) is 4.20. The first-order chi connectivity index (χ1) is 7.57. The lowest BCUT2D eigenvalue weighted by molar-refractivity contribution is -0.105. The van der Waals surface area contributed by atoms with Crippen LogP contribution in [0.4, 0.5) is 0 Å². The van der Waals surface area contributed by atoms with Gasteiger partial charge < -0.3 is 0 Å². The molecule has 3 atom stereocenters. The Morgan fingerprint density at radius 1 is 1.56 bits per heavy atom. The monoisotopic (exact) mass is 218 g/mol.